The van der Waals surface area contributed by atoms with Gasteiger partial charge in [0, 0.05) is 52.1 Å². The van der Waals surface area contributed by atoms with E-state index in [-0.39, 0.29) is 16.9 Å². The summed E-state index contributed by atoms with van der Waals surface area (Å²) in [6.07, 6.45) is 0. The average Bonchev–Trinajstić information content (AvgIpc) is 3.91. The molecule has 2 N–H and O–H groups in total. The van der Waals surface area contributed by atoms with Gasteiger partial charge in [0.2, 0.25) is 8.24 Å². The minimum Gasteiger partial charge on any atom is -0.329 e. The standard InChI is InChI=1S/C29H31NSSi.C24H28FNSSi/c1-20-21(2)28(27-26(20)24-18-12-13-19-25(24)31-27)32(30-29(3,4)5,22-14-8-6-9-15-22)23-16-10-7-11-17-23;1-15-16(2)23(22-21(15)19-9-7-8-10-20(19)27-22)28(6,26-24(3,4)5)18-13-11-17(25)12-14-18/h6-19,28,30H,1-5H3;7-14,23,26H,1-6H3. The Kier molecular flexibility index (Phi) is 11.3. The van der Waals surface area contributed by atoms with Crippen molar-refractivity contribution in [2.24, 2.45) is 0 Å². The second-order valence-corrected chi connectivity index (χ2v) is 28.7. The zero-order valence-electron chi connectivity index (χ0n) is 37.1. The molecule has 0 saturated heterocycles. The third kappa shape index (κ3) is 7.45. The minimum atomic E-state index is -2.47. The van der Waals surface area contributed by atoms with Gasteiger partial charge in [-0.1, -0.05) is 127 Å². The lowest BCUT2D eigenvalue weighted by Gasteiger charge is -2.44. The number of benzene rings is 5. The quantitative estimate of drug-likeness (QED) is 0.156. The van der Waals surface area contributed by atoms with Crippen molar-refractivity contribution in [2.75, 3.05) is 0 Å². The molecule has 0 spiro atoms. The van der Waals surface area contributed by atoms with Crippen molar-refractivity contribution in [1.29, 1.82) is 0 Å². The van der Waals surface area contributed by atoms with E-state index in [4.69, 9.17) is 0 Å². The van der Waals surface area contributed by atoms with Crippen molar-refractivity contribution in [2.45, 2.75) is 97.9 Å². The summed E-state index contributed by atoms with van der Waals surface area (Å²) in [5.74, 6) is -0.173. The zero-order valence-corrected chi connectivity index (χ0v) is 40.7. The summed E-state index contributed by atoms with van der Waals surface area (Å²) in [6, 6.07) is 47.4. The first kappa shape index (κ1) is 42.5. The summed E-state index contributed by atoms with van der Waals surface area (Å²) >= 11 is 3.93. The van der Waals surface area contributed by atoms with Gasteiger partial charge in [0.1, 0.15) is 5.82 Å². The van der Waals surface area contributed by atoms with Crippen LogP contribution in [0.4, 0.5) is 4.39 Å². The van der Waals surface area contributed by atoms with Crippen LogP contribution in [0, 0.1) is 5.82 Å². The van der Waals surface area contributed by atoms with Crippen LogP contribution < -0.4 is 25.5 Å². The van der Waals surface area contributed by atoms with E-state index >= 15 is 0 Å². The van der Waals surface area contributed by atoms with E-state index in [1.807, 2.05) is 34.8 Å². The lowest BCUT2D eigenvalue weighted by molar-refractivity contribution is 0.510. The van der Waals surface area contributed by atoms with Crippen LogP contribution in [0.25, 0.3) is 31.3 Å². The molecule has 0 radical (unpaired) electrons. The summed E-state index contributed by atoms with van der Waals surface area (Å²) in [5, 5.41) is 6.93. The van der Waals surface area contributed by atoms with Gasteiger partial charge in [-0.2, -0.15) is 0 Å². The van der Waals surface area contributed by atoms with Crippen LogP contribution in [0.15, 0.2) is 145 Å². The summed E-state index contributed by atoms with van der Waals surface area (Å²) in [6.45, 7) is 25.3. The summed E-state index contributed by atoms with van der Waals surface area (Å²) < 4.78 is 16.4. The third-order valence-electron chi connectivity index (χ3n) is 12.7. The van der Waals surface area contributed by atoms with E-state index in [1.54, 1.807) is 12.1 Å². The zero-order chi connectivity index (χ0) is 42.8. The van der Waals surface area contributed by atoms with E-state index in [9.17, 15) is 4.39 Å². The molecule has 3 unspecified atom stereocenters. The van der Waals surface area contributed by atoms with E-state index in [2.05, 4.69) is 195 Å². The number of allylic oxidation sites excluding steroid dienone is 4. The predicted molar refractivity (Wildman–Crippen MR) is 267 cm³/mol. The molecular weight excluding hydrogens is 804 g/mol. The first-order valence-corrected chi connectivity index (χ1v) is 27.6. The van der Waals surface area contributed by atoms with E-state index in [0.717, 1.165) is 0 Å². The summed E-state index contributed by atoms with van der Waals surface area (Å²) in [7, 11) is -4.70. The molecule has 0 saturated carbocycles. The Morgan fingerprint density at radius 3 is 1.33 bits per heavy atom. The topological polar surface area (TPSA) is 24.1 Å². The maximum Gasteiger partial charge on any atom is 0.202 e. The monoisotopic (exact) mass is 862 g/mol. The van der Waals surface area contributed by atoms with Crippen molar-refractivity contribution in [1.82, 2.24) is 9.96 Å². The van der Waals surface area contributed by atoms with E-state index in [1.165, 1.54) is 78.9 Å². The number of fused-ring (bicyclic) bond motifs is 6. The first-order chi connectivity index (χ1) is 28.4. The lowest BCUT2D eigenvalue weighted by Crippen LogP contribution is -2.76. The second kappa shape index (κ2) is 15.9. The molecule has 9 rings (SSSR count). The van der Waals surface area contributed by atoms with Crippen molar-refractivity contribution < 1.29 is 4.39 Å². The molecule has 7 heteroatoms. The second-order valence-electron chi connectivity index (χ2n) is 19.2. The fourth-order valence-electron chi connectivity index (χ4n) is 10.3. The maximum absolute atomic E-state index is 13.7. The van der Waals surface area contributed by atoms with Gasteiger partial charge in [-0.05, 0) is 131 Å². The van der Waals surface area contributed by atoms with Gasteiger partial charge >= 0.3 is 0 Å². The molecule has 0 bridgehead atoms. The molecule has 2 nitrogen and oxygen atoms in total. The Morgan fingerprint density at radius 1 is 0.483 bits per heavy atom. The predicted octanol–water partition coefficient (Wildman–Crippen LogP) is 12.8. The Balaban J connectivity index is 0.000000168. The SMILES string of the molecule is CC1=C(C)C([Si](C)(NC(C)(C)C)c2ccc(F)cc2)c2sc3ccccc3c21.CC1=C(C)C([Si](NC(C)(C)C)(c2ccccc2)c2ccccc2)c2sc3ccccc3c21. The van der Waals surface area contributed by atoms with Gasteiger partial charge in [-0.3, -0.25) is 0 Å². The van der Waals surface area contributed by atoms with Gasteiger partial charge in [0.05, 0.1) is 0 Å². The molecule has 60 heavy (non-hydrogen) atoms. The van der Waals surface area contributed by atoms with Crippen LogP contribution in [0.3, 0.4) is 0 Å². The van der Waals surface area contributed by atoms with Crippen LogP contribution in [0.1, 0.15) is 101 Å². The molecule has 0 amide bonds. The first-order valence-electron chi connectivity index (χ1n) is 21.3. The van der Waals surface area contributed by atoms with Crippen molar-refractivity contribution in [3.05, 3.63) is 171 Å². The van der Waals surface area contributed by atoms with Gasteiger partial charge < -0.3 is 9.96 Å². The van der Waals surface area contributed by atoms with Crippen LogP contribution in [-0.4, -0.2) is 27.5 Å². The lowest BCUT2D eigenvalue weighted by atomic mass is 10.1. The normalized spacial score (nSPS) is 17.8. The van der Waals surface area contributed by atoms with Crippen molar-refractivity contribution in [3.63, 3.8) is 0 Å². The molecule has 2 heterocycles. The van der Waals surface area contributed by atoms with Gasteiger partial charge in [0.25, 0.3) is 0 Å². The molecular formula is C53H59FN2S2Si2. The van der Waals surface area contributed by atoms with Gasteiger partial charge in [-0.25, -0.2) is 4.39 Å². The number of halogens is 1. The molecule has 2 aliphatic rings. The molecule has 2 aromatic heterocycles. The Labute approximate surface area is 367 Å². The molecule has 308 valence electrons. The molecule has 7 aromatic rings. The number of nitrogens with one attached hydrogen (secondary N) is 2. The highest BCUT2D eigenvalue weighted by atomic mass is 32.1. The van der Waals surface area contributed by atoms with Crippen LogP contribution in [0.2, 0.25) is 6.55 Å². The Bertz CT molecular complexity index is 2710. The Hall–Kier alpha value is -4.22. The molecule has 0 fully saturated rings. The van der Waals surface area contributed by atoms with Crippen molar-refractivity contribution >= 4 is 86.0 Å². The van der Waals surface area contributed by atoms with E-state index in [0.29, 0.717) is 11.1 Å². The van der Waals surface area contributed by atoms with Gasteiger partial charge in [0.15, 0.2) is 8.24 Å². The fourth-order valence-corrected chi connectivity index (χ4v) is 24.8. The smallest absolute Gasteiger partial charge is 0.202 e. The number of hydrogen-bond donors (Lipinski definition) is 2. The molecule has 5 aromatic carbocycles. The van der Waals surface area contributed by atoms with Gasteiger partial charge in [-0.15, -0.1) is 22.7 Å². The number of hydrogen-bond acceptors (Lipinski definition) is 4. The highest BCUT2D eigenvalue weighted by molar-refractivity contribution is 7.21. The highest BCUT2D eigenvalue weighted by Gasteiger charge is 2.53. The average molecular weight is 863 g/mol. The Morgan fingerprint density at radius 2 is 0.883 bits per heavy atom. The molecule has 2 aliphatic carbocycles. The molecule has 0 aliphatic heterocycles. The minimum absolute atomic E-state index is 0.0223. The van der Waals surface area contributed by atoms with Crippen LogP contribution >= 0.6 is 22.7 Å². The maximum atomic E-state index is 13.7. The summed E-state index contributed by atoms with van der Waals surface area (Å²) in [5.41, 5.74) is 9.43. The largest absolute Gasteiger partial charge is 0.329 e. The third-order valence-corrected chi connectivity index (χ3v) is 25.5. The highest BCUT2D eigenvalue weighted by Crippen LogP contribution is 2.54. The number of thiophene rings is 2. The number of rotatable bonds is 7. The van der Waals surface area contributed by atoms with Crippen LogP contribution in [0.5, 0.6) is 0 Å². The summed E-state index contributed by atoms with van der Waals surface area (Å²) in [4.78, 5) is 11.3. The van der Waals surface area contributed by atoms with Crippen LogP contribution in [-0.2, 0) is 0 Å². The molecule has 3 atom stereocenters. The fraction of sp³-hybridized carbons (Fsp3) is 0.283. The van der Waals surface area contributed by atoms with Crippen molar-refractivity contribution in [3.8, 4) is 0 Å². The van der Waals surface area contributed by atoms with E-state index < -0.39 is 16.5 Å².